The van der Waals surface area contributed by atoms with Gasteiger partial charge in [0.15, 0.2) is 0 Å². The number of hydrogen-bond donors (Lipinski definition) is 2. The van der Waals surface area contributed by atoms with E-state index in [4.69, 9.17) is 5.73 Å². The van der Waals surface area contributed by atoms with Gasteiger partial charge in [0, 0.05) is 13.0 Å². The third-order valence-corrected chi connectivity index (χ3v) is 4.05. The van der Waals surface area contributed by atoms with Crippen molar-refractivity contribution in [2.75, 3.05) is 6.54 Å². The van der Waals surface area contributed by atoms with E-state index in [-0.39, 0.29) is 23.9 Å². The molecule has 0 heterocycles. The summed E-state index contributed by atoms with van der Waals surface area (Å²) in [7, 11) is 0. The number of amides is 1. The van der Waals surface area contributed by atoms with Crippen LogP contribution >= 0.6 is 12.4 Å². The molecule has 20 heavy (non-hydrogen) atoms. The molecule has 1 amide bonds. The molecule has 1 atom stereocenters. The fourth-order valence-corrected chi connectivity index (χ4v) is 2.55. The molecule has 4 heteroatoms. The Morgan fingerprint density at radius 1 is 1.45 bits per heavy atom. The summed E-state index contributed by atoms with van der Waals surface area (Å²) in [5.41, 5.74) is 8.06. The standard InChI is InChI=1S/C16H24N2O.ClH/c1-12-4-3-5-13(10-12)6-9-15(19)18-16(2,11-17)14-7-8-14;/h3-5,10,14H,6-9,11,17H2,1-2H3,(H,18,19);1H. The summed E-state index contributed by atoms with van der Waals surface area (Å²) < 4.78 is 0. The van der Waals surface area contributed by atoms with Crippen molar-refractivity contribution in [3.8, 4) is 0 Å². The van der Waals surface area contributed by atoms with E-state index in [0.29, 0.717) is 18.9 Å². The maximum atomic E-state index is 12.0. The molecule has 1 aromatic rings. The Bertz CT molecular complexity index is 460. The monoisotopic (exact) mass is 296 g/mol. The molecule has 0 saturated heterocycles. The van der Waals surface area contributed by atoms with Gasteiger partial charge >= 0.3 is 0 Å². The van der Waals surface area contributed by atoms with Gasteiger partial charge in [-0.05, 0) is 44.6 Å². The summed E-state index contributed by atoms with van der Waals surface area (Å²) in [5.74, 6) is 0.682. The van der Waals surface area contributed by atoms with Gasteiger partial charge in [-0.25, -0.2) is 0 Å². The van der Waals surface area contributed by atoms with Gasteiger partial charge in [-0.15, -0.1) is 12.4 Å². The molecule has 0 spiro atoms. The molecule has 1 fully saturated rings. The van der Waals surface area contributed by atoms with E-state index in [9.17, 15) is 4.79 Å². The maximum absolute atomic E-state index is 12.0. The zero-order valence-corrected chi connectivity index (χ0v) is 13.1. The first-order valence-corrected chi connectivity index (χ1v) is 7.10. The van der Waals surface area contributed by atoms with Crippen molar-refractivity contribution in [3.63, 3.8) is 0 Å². The minimum Gasteiger partial charge on any atom is -0.349 e. The van der Waals surface area contributed by atoms with Gasteiger partial charge < -0.3 is 11.1 Å². The van der Waals surface area contributed by atoms with Crippen LogP contribution in [-0.4, -0.2) is 18.0 Å². The lowest BCUT2D eigenvalue weighted by atomic mass is 9.95. The molecular weight excluding hydrogens is 272 g/mol. The van der Waals surface area contributed by atoms with Crippen LogP contribution in [0.25, 0.3) is 0 Å². The van der Waals surface area contributed by atoms with Crippen LogP contribution in [0.4, 0.5) is 0 Å². The van der Waals surface area contributed by atoms with E-state index in [1.165, 1.54) is 24.0 Å². The molecule has 1 unspecified atom stereocenters. The predicted molar refractivity (Wildman–Crippen MR) is 85.1 cm³/mol. The van der Waals surface area contributed by atoms with Gasteiger partial charge in [0.25, 0.3) is 0 Å². The predicted octanol–water partition coefficient (Wildman–Crippen LogP) is 2.59. The van der Waals surface area contributed by atoms with Crippen LogP contribution in [0.1, 0.15) is 37.3 Å². The van der Waals surface area contributed by atoms with Gasteiger partial charge in [0.05, 0.1) is 5.54 Å². The molecule has 3 nitrogen and oxygen atoms in total. The maximum Gasteiger partial charge on any atom is 0.220 e. The number of nitrogens with two attached hydrogens (primary N) is 1. The van der Waals surface area contributed by atoms with Crippen LogP contribution in [0.3, 0.4) is 0 Å². The lowest BCUT2D eigenvalue weighted by molar-refractivity contribution is -0.123. The molecule has 1 aliphatic rings. The van der Waals surface area contributed by atoms with Crippen LogP contribution in [-0.2, 0) is 11.2 Å². The fourth-order valence-electron chi connectivity index (χ4n) is 2.55. The number of benzene rings is 1. The Hall–Kier alpha value is -1.06. The molecule has 1 aliphatic carbocycles. The van der Waals surface area contributed by atoms with Crippen molar-refractivity contribution in [2.24, 2.45) is 11.7 Å². The molecule has 1 saturated carbocycles. The van der Waals surface area contributed by atoms with Crippen molar-refractivity contribution in [3.05, 3.63) is 35.4 Å². The average Bonchev–Trinajstić information content (AvgIpc) is 3.21. The highest BCUT2D eigenvalue weighted by molar-refractivity contribution is 5.85. The first kappa shape index (κ1) is 17.0. The number of rotatable bonds is 6. The molecule has 2 rings (SSSR count). The van der Waals surface area contributed by atoms with Crippen LogP contribution in [0.5, 0.6) is 0 Å². The molecule has 0 bridgehead atoms. The zero-order valence-electron chi connectivity index (χ0n) is 12.3. The third kappa shape index (κ3) is 4.50. The first-order chi connectivity index (χ1) is 9.03. The number of hydrogen-bond acceptors (Lipinski definition) is 2. The number of nitrogens with one attached hydrogen (secondary N) is 1. The third-order valence-electron chi connectivity index (χ3n) is 4.05. The van der Waals surface area contributed by atoms with Crippen LogP contribution in [0.2, 0.25) is 0 Å². The summed E-state index contributed by atoms with van der Waals surface area (Å²) in [5, 5.41) is 3.13. The highest BCUT2D eigenvalue weighted by Crippen LogP contribution is 2.38. The number of aryl methyl sites for hydroxylation is 2. The topological polar surface area (TPSA) is 55.1 Å². The normalized spacial score (nSPS) is 16.9. The van der Waals surface area contributed by atoms with Crippen molar-refractivity contribution in [2.45, 2.75) is 45.1 Å². The molecule has 0 aromatic heterocycles. The van der Waals surface area contributed by atoms with E-state index < -0.39 is 0 Å². The minimum atomic E-state index is -0.205. The van der Waals surface area contributed by atoms with Gasteiger partial charge in [-0.2, -0.15) is 0 Å². The molecule has 0 aliphatic heterocycles. The van der Waals surface area contributed by atoms with Crippen molar-refractivity contribution in [1.29, 1.82) is 0 Å². The summed E-state index contributed by atoms with van der Waals surface area (Å²) >= 11 is 0. The highest BCUT2D eigenvalue weighted by atomic mass is 35.5. The van der Waals surface area contributed by atoms with E-state index >= 15 is 0 Å². The number of carbonyl (C=O) groups is 1. The lowest BCUT2D eigenvalue weighted by Gasteiger charge is -2.29. The largest absolute Gasteiger partial charge is 0.349 e. The van der Waals surface area contributed by atoms with E-state index in [1.54, 1.807) is 0 Å². The quantitative estimate of drug-likeness (QED) is 0.848. The Balaban J connectivity index is 0.00000200. The number of halogens is 1. The smallest absolute Gasteiger partial charge is 0.220 e. The number of carbonyl (C=O) groups excluding carboxylic acids is 1. The summed E-state index contributed by atoms with van der Waals surface area (Å²) in [6, 6.07) is 8.32. The van der Waals surface area contributed by atoms with Crippen LogP contribution in [0.15, 0.2) is 24.3 Å². The SMILES string of the molecule is Cc1cccc(CCC(=O)NC(C)(CN)C2CC2)c1.Cl. The van der Waals surface area contributed by atoms with Crippen molar-refractivity contribution in [1.82, 2.24) is 5.32 Å². The molecular formula is C16H25ClN2O. The van der Waals surface area contributed by atoms with Crippen LogP contribution in [0, 0.1) is 12.8 Å². The van der Waals surface area contributed by atoms with Crippen LogP contribution < -0.4 is 11.1 Å². The lowest BCUT2D eigenvalue weighted by Crippen LogP contribution is -2.53. The van der Waals surface area contributed by atoms with Gasteiger partial charge in [0.2, 0.25) is 5.91 Å². The zero-order chi connectivity index (χ0) is 13.9. The van der Waals surface area contributed by atoms with E-state index in [0.717, 1.165) is 6.42 Å². The Kier molecular flexibility index (Phi) is 6.03. The van der Waals surface area contributed by atoms with E-state index in [1.807, 2.05) is 6.07 Å². The van der Waals surface area contributed by atoms with Crippen molar-refractivity contribution < 1.29 is 4.79 Å². The average molecular weight is 297 g/mol. The second-order valence-corrected chi connectivity index (χ2v) is 5.93. The Morgan fingerprint density at radius 3 is 2.70 bits per heavy atom. The van der Waals surface area contributed by atoms with Gasteiger partial charge in [0.1, 0.15) is 0 Å². The van der Waals surface area contributed by atoms with E-state index in [2.05, 4.69) is 37.4 Å². The Morgan fingerprint density at radius 2 is 2.15 bits per heavy atom. The second-order valence-electron chi connectivity index (χ2n) is 5.93. The summed E-state index contributed by atoms with van der Waals surface area (Å²) in [6.45, 7) is 4.66. The van der Waals surface area contributed by atoms with Gasteiger partial charge in [-0.3, -0.25) is 4.79 Å². The molecule has 1 aromatic carbocycles. The molecule has 112 valence electrons. The van der Waals surface area contributed by atoms with Gasteiger partial charge in [-0.1, -0.05) is 29.8 Å². The summed E-state index contributed by atoms with van der Waals surface area (Å²) in [6.07, 6.45) is 3.70. The second kappa shape index (κ2) is 7.09. The first-order valence-electron chi connectivity index (χ1n) is 7.10. The minimum absolute atomic E-state index is 0. The summed E-state index contributed by atoms with van der Waals surface area (Å²) in [4.78, 5) is 12.0. The Labute approximate surface area is 127 Å². The highest BCUT2D eigenvalue weighted by Gasteiger charge is 2.41. The fraction of sp³-hybridized carbons (Fsp3) is 0.562. The van der Waals surface area contributed by atoms with Crippen molar-refractivity contribution >= 4 is 18.3 Å². The molecule has 3 N–H and O–H groups in total. The molecule has 0 radical (unpaired) electrons.